The fourth-order valence-corrected chi connectivity index (χ4v) is 2.10. The molecule has 1 unspecified atom stereocenters. The summed E-state index contributed by atoms with van der Waals surface area (Å²) in [4.78, 5) is 23.5. The Labute approximate surface area is 116 Å². The number of ether oxygens (including phenoxy) is 1. The van der Waals surface area contributed by atoms with Gasteiger partial charge in [0.1, 0.15) is 0 Å². The van der Waals surface area contributed by atoms with Crippen LogP contribution in [-0.2, 0) is 9.53 Å². The van der Waals surface area contributed by atoms with Crippen LogP contribution in [0.2, 0.25) is 5.02 Å². The molecule has 2 amide bonds. The zero-order valence-electron chi connectivity index (χ0n) is 10.5. The summed E-state index contributed by atoms with van der Waals surface area (Å²) < 4.78 is 5.17. The van der Waals surface area contributed by atoms with Crippen molar-refractivity contribution in [1.29, 1.82) is 0 Å². The summed E-state index contributed by atoms with van der Waals surface area (Å²) in [5.41, 5.74) is 0.893. The standard InChI is InChI=1S/C13H15ClN2O3/c1-15-13(18)10-6-9(2-3-11(10)14)16-12(17)8-4-5-19-7-8/h2-3,6,8H,4-5,7H2,1H3,(H,15,18)(H,16,17). The molecule has 0 aliphatic carbocycles. The number of benzene rings is 1. The lowest BCUT2D eigenvalue weighted by molar-refractivity contribution is -0.119. The number of halogens is 1. The van der Waals surface area contributed by atoms with Crippen LogP contribution in [0.4, 0.5) is 5.69 Å². The van der Waals surface area contributed by atoms with Gasteiger partial charge in [-0.3, -0.25) is 9.59 Å². The number of hydrogen-bond donors (Lipinski definition) is 2. The first kappa shape index (κ1) is 13.8. The van der Waals surface area contributed by atoms with Crippen molar-refractivity contribution in [3.63, 3.8) is 0 Å². The molecular weight excluding hydrogens is 268 g/mol. The van der Waals surface area contributed by atoms with Crippen molar-refractivity contribution in [1.82, 2.24) is 5.32 Å². The first-order chi connectivity index (χ1) is 9.11. The molecule has 1 aliphatic rings. The van der Waals surface area contributed by atoms with Crippen LogP contribution in [-0.4, -0.2) is 32.1 Å². The normalized spacial score (nSPS) is 18.1. The highest BCUT2D eigenvalue weighted by Crippen LogP contribution is 2.22. The van der Waals surface area contributed by atoms with Crippen LogP contribution < -0.4 is 10.6 Å². The zero-order valence-corrected chi connectivity index (χ0v) is 11.3. The molecule has 1 aliphatic heterocycles. The van der Waals surface area contributed by atoms with E-state index in [1.165, 1.54) is 7.05 Å². The summed E-state index contributed by atoms with van der Waals surface area (Å²) in [6.45, 7) is 1.06. The predicted octanol–water partition coefficient (Wildman–Crippen LogP) is 1.67. The maximum Gasteiger partial charge on any atom is 0.252 e. The number of amides is 2. The molecule has 2 rings (SSSR count). The van der Waals surface area contributed by atoms with Crippen molar-refractivity contribution in [2.45, 2.75) is 6.42 Å². The minimum Gasteiger partial charge on any atom is -0.381 e. The molecule has 0 radical (unpaired) electrons. The molecule has 0 aromatic heterocycles. The topological polar surface area (TPSA) is 67.4 Å². The molecule has 2 N–H and O–H groups in total. The molecule has 0 bridgehead atoms. The average Bonchev–Trinajstić information content (AvgIpc) is 2.94. The second-order valence-electron chi connectivity index (χ2n) is 4.32. The summed E-state index contributed by atoms with van der Waals surface area (Å²) in [6, 6.07) is 4.82. The van der Waals surface area contributed by atoms with E-state index in [2.05, 4.69) is 10.6 Å². The lowest BCUT2D eigenvalue weighted by atomic mass is 10.1. The van der Waals surface area contributed by atoms with Crippen molar-refractivity contribution in [3.8, 4) is 0 Å². The van der Waals surface area contributed by atoms with Gasteiger partial charge in [-0.15, -0.1) is 0 Å². The van der Waals surface area contributed by atoms with Crippen molar-refractivity contribution in [2.75, 3.05) is 25.6 Å². The summed E-state index contributed by atoms with van der Waals surface area (Å²) in [5.74, 6) is -0.507. The van der Waals surface area contributed by atoms with E-state index < -0.39 is 0 Å². The number of rotatable bonds is 3. The Bertz CT molecular complexity index is 499. The minimum absolute atomic E-state index is 0.0947. The van der Waals surface area contributed by atoms with Gasteiger partial charge in [0.2, 0.25) is 5.91 Å². The maximum atomic E-state index is 11.9. The van der Waals surface area contributed by atoms with Gasteiger partial charge in [-0.2, -0.15) is 0 Å². The minimum atomic E-state index is -0.287. The van der Waals surface area contributed by atoms with Gasteiger partial charge in [-0.05, 0) is 24.6 Å². The van der Waals surface area contributed by atoms with E-state index in [9.17, 15) is 9.59 Å². The molecule has 0 saturated carbocycles. The quantitative estimate of drug-likeness (QED) is 0.886. The number of carbonyl (C=O) groups is 2. The Morgan fingerprint density at radius 1 is 1.42 bits per heavy atom. The van der Waals surface area contributed by atoms with E-state index in [4.69, 9.17) is 16.3 Å². The van der Waals surface area contributed by atoms with Gasteiger partial charge >= 0.3 is 0 Å². The van der Waals surface area contributed by atoms with Crippen molar-refractivity contribution in [2.24, 2.45) is 5.92 Å². The highest BCUT2D eigenvalue weighted by Gasteiger charge is 2.23. The number of anilines is 1. The Morgan fingerprint density at radius 2 is 2.21 bits per heavy atom. The molecule has 1 saturated heterocycles. The Hall–Kier alpha value is -1.59. The van der Waals surface area contributed by atoms with Crippen LogP contribution in [0.25, 0.3) is 0 Å². The van der Waals surface area contributed by atoms with E-state index in [0.29, 0.717) is 29.5 Å². The molecule has 6 heteroatoms. The molecule has 0 spiro atoms. The largest absolute Gasteiger partial charge is 0.381 e. The van der Waals surface area contributed by atoms with Gasteiger partial charge in [0.25, 0.3) is 5.91 Å². The van der Waals surface area contributed by atoms with Gasteiger partial charge in [0, 0.05) is 19.3 Å². The fourth-order valence-electron chi connectivity index (χ4n) is 1.90. The van der Waals surface area contributed by atoms with Crippen molar-refractivity contribution >= 4 is 29.1 Å². The van der Waals surface area contributed by atoms with Gasteiger partial charge in [-0.1, -0.05) is 11.6 Å². The third-order valence-corrected chi connectivity index (χ3v) is 3.34. The van der Waals surface area contributed by atoms with Crippen molar-refractivity contribution in [3.05, 3.63) is 28.8 Å². The lowest BCUT2D eigenvalue weighted by Gasteiger charge is -2.11. The highest BCUT2D eigenvalue weighted by molar-refractivity contribution is 6.34. The Kier molecular flexibility index (Phi) is 4.39. The molecule has 102 valence electrons. The van der Waals surface area contributed by atoms with E-state index in [-0.39, 0.29) is 17.7 Å². The maximum absolute atomic E-state index is 11.9. The van der Waals surface area contributed by atoms with Crippen LogP contribution in [0.5, 0.6) is 0 Å². The number of carbonyl (C=O) groups excluding carboxylic acids is 2. The second kappa shape index (κ2) is 6.04. The zero-order chi connectivity index (χ0) is 13.8. The SMILES string of the molecule is CNC(=O)c1cc(NC(=O)C2CCOC2)ccc1Cl. The molecule has 1 heterocycles. The highest BCUT2D eigenvalue weighted by atomic mass is 35.5. The van der Waals surface area contributed by atoms with Crippen LogP contribution in [0, 0.1) is 5.92 Å². The van der Waals surface area contributed by atoms with Gasteiger partial charge in [0.05, 0.1) is 23.1 Å². The summed E-state index contributed by atoms with van der Waals surface area (Å²) in [5, 5.41) is 5.62. The second-order valence-corrected chi connectivity index (χ2v) is 4.73. The van der Waals surface area contributed by atoms with Gasteiger partial charge in [0.15, 0.2) is 0 Å². The molecule has 1 aromatic carbocycles. The predicted molar refractivity (Wildman–Crippen MR) is 72.4 cm³/mol. The van der Waals surface area contributed by atoms with Crippen LogP contribution in [0.15, 0.2) is 18.2 Å². The third kappa shape index (κ3) is 3.24. The van der Waals surface area contributed by atoms with Gasteiger partial charge < -0.3 is 15.4 Å². The van der Waals surface area contributed by atoms with Crippen molar-refractivity contribution < 1.29 is 14.3 Å². The van der Waals surface area contributed by atoms with E-state index in [1.807, 2.05) is 0 Å². The molecule has 1 aromatic rings. The van der Waals surface area contributed by atoms with Crippen LogP contribution in [0.1, 0.15) is 16.8 Å². The monoisotopic (exact) mass is 282 g/mol. The molecule has 19 heavy (non-hydrogen) atoms. The van der Waals surface area contributed by atoms with Crippen LogP contribution in [0.3, 0.4) is 0 Å². The molecule has 1 atom stereocenters. The first-order valence-corrected chi connectivity index (χ1v) is 6.40. The lowest BCUT2D eigenvalue weighted by Crippen LogP contribution is -2.23. The summed E-state index contributed by atoms with van der Waals surface area (Å²) in [6.07, 6.45) is 0.724. The van der Waals surface area contributed by atoms with E-state index in [0.717, 1.165) is 6.42 Å². The van der Waals surface area contributed by atoms with Crippen LogP contribution >= 0.6 is 11.6 Å². The average molecular weight is 283 g/mol. The smallest absolute Gasteiger partial charge is 0.252 e. The molecular formula is C13H15ClN2O3. The van der Waals surface area contributed by atoms with E-state index in [1.54, 1.807) is 18.2 Å². The molecule has 1 fully saturated rings. The Morgan fingerprint density at radius 3 is 2.84 bits per heavy atom. The summed E-state index contributed by atoms with van der Waals surface area (Å²) >= 11 is 5.94. The number of hydrogen-bond acceptors (Lipinski definition) is 3. The van der Waals surface area contributed by atoms with Gasteiger partial charge in [-0.25, -0.2) is 0 Å². The Balaban J connectivity index is 2.12. The molecule has 5 nitrogen and oxygen atoms in total. The summed E-state index contributed by atoms with van der Waals surface area (Å²) in [7, 11) is 1.53. The first-order valence-electron chi connectivity index (χ1n) is 6.02. The van der Waals surface area contributed by atoms with E-state index >= 15 is 0 Å². The fraction of sp³-hybridized carbons (Fsp3) is 0.385. The number of nitrogens with one attached hydrogen (secondary N) is 2. The third-order valence-electron chi connectivity index (χ3n) is 3.01.